The second kappa shape index (κ2) is 8.19. The van der Waals surface area contributed by atoms with E-state index in [1.165, 1.54) is 42.4 Å². The summed E-state index contributed by atoms with van der Waals surface area (Å²) >= 11 is 0. The Hall–Kier alpha value is -2.34. The molecule has 150 valence electrons. The third-order valence-corrected chi connectivity index (χ3v) is 7.60. The minimum absolute atomic E-state index is 0.140. The van der Waals surface area contributed by atoms with Crippen molar-refractivity contribution in [2.75, 3.05) is 0 Å². The van der Waals surface area contributed by atoms with Gasteiger partial charge in [-0.1, -0.05) is 112 Å². The first kappa shape index (κ1) is 20.0. The van der Waals surface area contributed by atoms with Crippen LogP contribution < -0.4 is 0 Å². The maximum Gasteiger partial charge on any atom is 0.0504 e. The van der Waals surface area contributed by atoms with Crippen molar-refractivity contribution in [1.29, 1.82) is 0 Å². The van der Waals surface area contributed by atoms with Gasteiger partial charge in [-0.2, -0.15) is 0 Å². The zero-order chi connectivity index (χ0) is 20.3. The summed E-state index contributed by atoms with van der Waals surface area (Å²) in [5.41, 5.74) is 4.29. The van der Waals surface area contributed by atoms with Gasteiger partial charge in [-0.3, -0.25) is 0 Å². The molecule has 0 spiro atoms. The maximum absolute atomic E-state index is 2.55. The lowest BCUT2D eigenvalue weighted by atomic mass is 9.49. The van der Waals surface area contributed by atoms with Crippen molar-refractivity contribution in [3.8, 4) is 0 Å². The second-order valence-electron chi connectivity index (χ2n) is 9.49. The third kappa shape index (κ3) is 3.44. The van der Waals surface area contributed by atoms with E-state index in [2.05, 4.69) is 112 Å². The topological polar surface area (TPSA) is 0 Å². The van der Waals surface area contributed by atoms with Crippen LogP contribution in [0.1, 0.15) is 63.1 Å². The molecule has 0 heteroatoms. The quantitative estimate of drug-likeness (QED) is 0.394. The van der Waals surface area contributed by atoms with Gasteiger partial charge in [-0.05, 0) is 59.6 Å². The lowest BCUT2D eigenvalue weighted by Crippen LogP contribution is -2.48. The van der Waals surface area contributed by atoms with Crippen LogP contribution in [-0.4, -0.2) is 0 Å². The molecule has 0 amide bonds. The van der Waals surface area contributed by atoms with Crippen LogP contribution in [0.2, 0.25) is 0 Å². The van der Waals surface area contributed by atoms with Crippen molar-refractivity contribution < 1.29 is 0 Å². The highest BCUT2D eigenvalue weighted by molar-refractivity contribution is 5.53. The van der Waals surface area contributed by atoms with Gasteiger partial charge in [0.15, 0.2) is 0 Å². The first-order valence-electron chi connectivity index (χ1n) is 11.2. The number of hydrogen-bond acceptors (Lipinski definition) is 0. The summed E-state index contributed by atoms with van der Waals surface area (Å²) in [6.45, 7) is 7.34. The van der Waals surface area contributed by atoms with Gasteiger partial charge < -0.3 is 0 Å². The lowest BCUT2D eigenvalue weighted by Gasteiger charge is -2.54. The van der Waals surface area contributed by atoms with Crippen molar-refractivity contribution in [1.82, 2.24) is 0 Å². The summed E-state index contributed by atoms with van der Waals surface area (Å²) in [4.78, 5) is 0. The van der Waals surface area contributed by atoms with Crippen LogP contribution >= 0.6 is 0 Å². The van der Waals surface area contributed by atoms with Crippen LogP contribution in [0.15, 0.2) is 91.0 Å². The van der Waals surface area contributed by atoms with Crippen molar-refractivity contribution in [3.05, 3.63) is 108 Å². The summed E-state index contributed by atoms with van der Waals surface area (Å²) in [6, 6.07) is 33.7. The average molecular weight is 383 g/mol. The molecule has 0 N–H and O–H groups in total. The van der Waals surface area contributed by atoms with Crippen molar-refractivity contribution >= 4 is 0 Å². The van der Waals surface area contributed by atoms with Crippen molar-refractivity contribution in [3.63, 3.8) is 0 Å². The fraction of sp³-hybridized carbons (Fsp3) is 0.379. The number of benzene rings is 3. The summed E-state index contributed by atoms with van der Waals surface area (Å²) in [6.07, 6.45) is 5.16. The Kier molecular flexibility index (Phi) is 5.63. The largest absolute Gasteiger partial charge is 0.0625 e. The van der Waals surface area contributed by atoms with E-state index in [1.807, 2.05) is 0 Å². The molecule has 1 aliphatic rings. The Bertz CT molecular complexity index is 788. The molecular formula is C29H34. The molecule has 0 aromatic heterocycles. The van der Waals surface area contributed by atoms with E-state index in [9.17, 15) is 0 Å². The van der Waals surface area contributed by atoms with Gasteiger partial charge in [0.25, 0.3) is 0 Å². The van der Waals surface area contributed by atoms with Gasteiger partial charge in [-0.25, -0.2) is 0 Å². The Balaban J connectivity index is 1.96. The molecule has 3 aromatic carbocycles. The van der Waals surface area contributed by atoms with Crippen LogP contribution in [0.4, 0.5) is 0 Å². The molecule has 0 aliphatic heterocycles. The molecule has 1 aliphatic carbocycles. The van der Waals surface area contributed by atoms with E-state index in [4.69, 9.17) is 0 Å². The van der Waals surface area contributed by atoms with E-state index in [-0.39, 0.29) is 10.8 Å². The summed E-state index contributed by atoms with van der Waals surface area (Å²) in [5.74, 6) is 1.63. The van der Waals surface area contributed by atoms with Gasteiger partial charge in [0.05, 0.1) is 5.41 Å². The summed E-state index contributed by atoms with van der Waals surface area (Å²) in [7, 11) is 0. The second-order valence-corrected chi connectivity index (χ2v) is 9.49. The fourth-order valence-electron chi connectivity index (χ4n) is 5.93. The van der Waals surface area contributed by atoms with E-state index in [0.29, 0.717) is 0 Å². The molecule has 0 saturated heterocycles. The Morgan fingerprint density at radius 1 is 0.655 bits per heavy atom. The molecule has 0 atom stereocenters. The predicted octanol–water partition coefficient (Wildman–Crippen LogP) is 7.87. The zero-order valence-electron chi connectivity index (χ0n) is 18.1. The SMILES string of the molecule is CC(C)C1CCC(C)(C(c2ccccc2)(c2ccccc2)c2ccccc2)CC1. The highest BCUT2D eigenvalue weighted by atomic mass is 14.5. The summed E-state index contributed by atoms with van der Waals surface area (Å²) < 4.78 is 0. The van der Waals surface area contributed by atoms with Crippen molar-refractivity contribution in [2.45, 2.75) is 51.9 Å². The number of rotatable bonds is 5. The van der Waals surface area contributed by atoms with Gasteiger partial charge in [0.1, 0.15) is 0 Å². The molecule has 0 radical (unpaired) electrons. The van der Waals surface area contributed by atoms with Crippen LogP contribution in [0.5, 0.6) is 0 Å². The molecule has 0 nitrogen and oxygen atoms in total. The minimum Gasteiger partial charge on any atom is -0.0625 e. The van der Waals surface area contributed by atoms with E-state index in [0.717, 1.165) is 11.8 Å². The molecular weight excluding hydrogens is 348 g/mol. The van der Waals surface area contributed by atoms with Gasteiger partial charge in [-0.15, -0.1) is 0 Å². The standard InChI is InChI=1S/C29H34/c1-23(2)24-19-21-28(3,22-20-24)29(25-13-7-4-8-14-25,26-15-9-5-10-16-26)27-17-11-6-12-18-27/h4-18,23-24H,19-22H2,1-3H3. The predicted molar refractivity (Wildman–Crippen MR) is 124 cm³/mol. The minimum atomic E-state index is -0.140. The Morgan fingerprint density at radius 2 is 1.00 bits per heavy atom. The molecule has 29 heavy (non-hydrogen) atoms. The smallest absolute Gasteiger partial charge is 0.0504 e. The monoisotopic (exact) mass is 382 g/mol. The Morgan fingerprint density at radius 3 is 1.31 bits per heavy atom. The maximum atomic E-state index is 2.55. The van der Waals surface area contributed by atoms with Crippen molar-refractivity contribution in [2.24, 2.45) is 17.3 Å². The number of hydrogen-bond donors (Lipinski definition) is 0. The van der Waals surface area contributed by atoms with E-state index < -0.39 is 0 Å². The van der Waals surface area contributed by atoms with E-state index in [1.54, 1.807) is 0 Å². The first-order valence-corrected chi connectivity index (χ1v) is 11.2. The zero-order valence-corrected chi connectivity index (χ0v) is 18.1. The fourth-order valence-corrected chi connectivity index (χ4v) is 5.93. The molecule has 0 heterocycles. The Labute approximate surface area is 177 Å². The van der Waals surface area contributed by atoms with Gasteiger partial charge in [0.2, 0.25) is 0 Å². The highest BCUT2D eigenvalue weighted by Crippen LogP contribution is 2.59. The molecule has 1 saturated carbocycles. The molecule has 1 fully saturated rings. The van der Waals surface area contributed by atoms with E-state index >= 15 is 0 Å². The normalized spacial score (nSPS) is 22.6. The molecule has 0 bridgehead atoms. The van der Waals surface area contributed by atoms with Gasteiger partial charge >= 0.3 is 0 Å². The van der Waals surface area contributed by atoms with Crippen LogP contribution in [0.3, 0.4) is 0 Å². The van der Waals surface area contributed by atoms with Crippen LogP contribution in [0, 0.1) is 17.3 Å². The molecule has 4 rings (SSSR count). The lowest BCUT2D eigenvalue weighted by molar-refractivity contribution is 0.0913. The van der Waals surface area contributed by atoms with Gasteiger partial charge in [0, 0.05) is 0 Å². The first-order chi connectivity index (χ1) is 14.1. The van der Waals surface area contributed by atoms with Crippen LogP contribution in [0.25, 0.3) is 0 Å². The molecule has 3 aromatic rings. The van der Waals surface area contributed by atoms with Crippen LogP contribution in [-0.2, 0) is 5.41 Å². The molecule has 0 unspecified atom stereocenters. The third-order valence-electron chi connectivity index (χ3n) is 7.60. The summed E-state index contributed by atoms with van der Waals surface area (Å²) in [5, 5.41) is 0. The average Bonchev–Trinajstić information content (AvgIpc) is 2.77. The highest BCUT2D eigenvalue weighted by Gasteiger charge is 2.52.